The van der Waals surface area contributed by atoms with E-state index in [0.29, 0.717) is 17.2 Å². The Kier molecular flexibility index (Phi) is 3.47. The second kappa shape index (κ2) is 5.67. The largest absolute Gasteiger partial charge is 0.443 e. The zero-order valence-electron chi connectivity index (χ0n) is 14.1. The Labute approximate surface area is 145 Å². The normalized spacial score (nSPS) is 15.9. The number of carbonyl (C=O) groups excluding carboxylic acids is 1. The van der Waals surface area contributed by atoms with E-state index in [-0.39, 0.29) is 17.5 Å². The molecule has 3 heterocycles. The number of amides is 1. The third-order valence-electron chi connectivity index (χ3n) is 4.66. The average molecular weight is 331 g/mol. The predicted octanol–water partition coefficient (Wildman–Crippen LogP) is 3.84. The number of nitrogens with zero attached hydrogens (tertiary/aromatic N) is 3. The fourth-order valence-corrected chi connectivity index (χ4v) is 3.54. The van der Waals surface area contributed by atoms with Gasteiger partial charge in [0.1, 0.15) is 23.0 Å². The standard InChI is InChI=1S/C20H17N3O2/c1-13-11-15-7-3-4-8-17(15)23(13)19(24)18-14(2)25-20(16(18)12-21)22-9-5-6-10-22/h3-10,13H,11H2,1-2H3/t13-/m1/s1. The smallest absolute Gasteiger partial charge is 0.263 e. The molecule has 0 N–H and O–H groups in total. The van der Waals surface area contributed by atoms with Gasteiger partial charge in [-0.25, -0.2) is 0 Å². The molecule has 2 aromatic heterocycles. The van der Waals surface area contributed by atoms with Gasteiger partial charge in [0.2, 0.25) is 5.88 Å². The minimum atomic E-state index is -0.186. The monoisotopic (exact) mass is 331 g/mol. The summed E-state index contributed by atoms with van der Waals surface area (Å²) in [6, 6.07) is 13.8. The molecule has 0 bridgehead atoms. The van der Waals surface area contributed by atoms with Crippen LogP contribution in [0.5, 0.6) is 0 Å². The van der Waals surface area contributed by atoms with Crippen molar-refractivity contribution in [2.75, 3.05) is 4.90 Å². The second-order valence-electron chi connectivity index (χ2n) is 6.27. The first-order valence-electron chi connectivity index (χ1n) is 8.20. The van der Waals surface area contributed by atoms with Crippen molar-refractivity contribution in [2.45, 2.75) is 26.3 Å². The average Bonchev–Trinajstić information content (AvgIpc) is 3.29. The first kappa shape index (κ1) is 15.3. The van der Waals surface area contributed by atoms with E-state index in [0.717, 1.165) is 17.7 Å². The lowest BCUT2D eigenvalue weighted by atomic mass is 10.1. The summed E-state index contributed by atoms with van der Waals surface area (Å²) in [5.74, 6) is 0.656. The van der Waals surface area contributed by atoms with Gasteiger partial charge >= 0.3 is 0 Å². The van der Waals surface area contributed by atoms with Crippen LogP contribution in [0, 0.1) is 18.3 Å². The molecule has 3 aromatic rings. The number of aromatic nitrogens is 1. The van der Waals surface area contributed by atoms with Crippen LogP contribution in [0.4, 0.5) is 5.69 Å². The molecule has 0 unspecified atom stereocenters. The maximum atomic E-state index is 13.3. The van der Waals surface area contributed by atoms with Crippen molar-refractivity contribution in [3.8, 4) is 12.0 Å². The molecule has 5 heteroatoms. The van der Waals surface area contributed by atoms with Gasteiger partial charge in [0.25, 0.3) is 5.91 Å². The van der Waals surface area contributed by atoms with Gasteiger partial charge in [0, 0.05) is 24.1 Å². The molecule has 0 radical (unpaired) electrons. The van der Waals surface area contributed by atoms with Crippen LogP contribution in [-0.4, -0.2) is 16.5 Å². The zero-order chi connectivity index (χ0) is 17.6. The highest BCUT2D eigenvalue weighted by molar-refractivity contribution is 6.10. The lowest BCUT2D eigenvalue weighted by Gasteiger charge is -2.22. The number of fused-ring (bicyclic) bond motifs is 1. The Bertz CT molecular complexity index is 993. The van der Waals surface area contributed by atoms with Crippen LogP contribution in [-0.2, 0) is 6.42 Å². The number of furan rings is 1. The van der Waals surface area contributed by atoms with E-state index in [1.54, 1.807) is 28.8 Å². The highest BCUT2D eigenvalue weighted by Gasteiger charge is 2.35. The van der Waals surface area contributed by atoms with E-state index in [1.165, 1.54) is 0 Å². The van der Waals surface area contributed by atoms with Gasteiger partial charge in [-0.1, -0.05) is 18.2 Å². The van der Waals surface area contributed by atoms with Gasteiger partial charge in [0.15, 0.2) is 0 Å². The summed E-state index contributed by atoms with van der Waals surface area (Å²) in [5.41, 5.74) is 2.67. The quantitative estimate of drug-likeness (QED) is 0.717. The maximum Gasteiger partial charge on any atom is 0.263 e. The maximum absolute atomic E-state index is 13.3. The summed E-state index contributed by atoms with van der Waals surface area (Å²) in [5, 5.41) is 9.67. The Morgan fingerprint density at radius 3 is 2.68 bits per heavy atom. The van der Waals surface area contributed by atoms with Crippen molar-refractivity contribution in [3.63, 3.8) is 0 Å². The molecule has 0 saturated heterocycles. The summed E-state index contributed by atoms with van der Waals surface area (Å²) >= 11 is 0. The highest BCUT2D eigenvalue weighted by atomic mass is 16.4. The number of benzene rings is 1. The SMILES string of the molecule is Cc1oc(-n2cccc2)c(C#N)c1C(=O)N1c2ccccc2C[C@H]1C. The zero-order valence-corrected chi connectivity index (χ0v) is 14.1. The van der Waals surface area contributed by atoms with Gasteiger partial charge in [-0.3, -0.25) is 9.36 Å². The van der Waals surface area contributed by atoms with Crippen LogP contribution >= 0.6 is 0 Å². The number of carbonyl (C=O) groups is 1. The van der Waals surface area contributed by atoms with Crippen LogP contribution in [0.2, 0.25) is 0 Å². The molecule has 124 valence electrons. The van der Waals surface area contributed by atoms with Crippen LogP contribution in [0.3, 0.4) is 0 Å². The number of hydrogen-bond donors (Lipinski definition) is 0. The number of nitriles is 1. The summed E-state index contributed by atoms with van der Waals surface area (Å²) in [4.78, 5) is 15.1. The van der Waals surface area contributed by atoms with Gasteiger partial charge in [-0.15, -0.1) is 0 Å². The molecule has 1 aliphatic rings. The first-order chi connectivity index (χ1) is 12.1. The van der Waals surface area contributed by atoms with E-state index < -0.39 is 0 Å². The van der Waals surface area contributed by atoms with Crippen molar-refractivity contribution < 1.29 is 9.21 Å². The van der Waals surface area contributed by atoms with E-state index in [2.05, 4.69) is 6.07 Å². The number of rotatable bonds is 2. The van der Waals surface area contributed by atoms with E-state index in [1.807, 2.05) is 43.3 Å². The fraction of sp³-hybridized carbons (Fsp3) is 0.200. The third kappa shape index (κ3) is 2.26. The first-order valence-corrected chi connectivity index (χ1v) is 8.20. The molecule has 0 fully saturated rings. The lowest BCUT2D eigenvalue weighted by Crippen LogP contribution is -2.36. The molecule has 0 aliphatic carbocycles. The minimum absolute atomic E-state index is 0.0424. The Morgan fingerprint density at radius 2 is 1.96 bits per heavy atom. The van der Waals surface area contributed by atoms with Gasteiger partial charge < -0.3 is 9.32 Å². The molecule has 1 amide bonds. The van der Waals surface area contributed by atoms with Crippen molar-refractivity contribution in [3.05, 3.63) is 71.2 Å². The second-order valence-corrected chi connectivity index (χ2v) is 6.27. The summed E-state index contributed by atoms with van der Waals surface area (Å²) < 4.78 is 7.49. The van der Waals surface area contributed by atoms with Crippen molar-refractivity contribution in [1.82, 2.24) is 4.57 Å². The van der Waals surface area contributed by atoms with Gasteiger partial charge in [0.05, 0.1) is 0 Å². The number of hydrogen-bond acceptors (Lipinski definition) is 3. The van der Waals surface area contributed by atoms with Crippen molar-refractivity contribution in [1.29, 1.82) is 5.26 Å². The van der Waals surface area contributed by atoms with E-state index in [4.69, 9.17) is 4.42 Å². The molecule has 1 aromatic carbocycles. The summed E-state index contributed by atoms with van der Waals surface area (Å²) in [6.45, 7) is 3.75. The summed E-state index contributed by atoms with van der Waals surface area (Å²) in [6.07, 6.45) is 4.40. The lowest BCUT2D eigenvalue weighted by molar-refractivity contribution is 0.0980. The van der Waals surface area contributed by atoms with Crippen LogP contribution in [0.25, 0.3) is 5.88 Å². The number of anilines is 1. The van der Waals surface area contributed by atoms with Crippen LogP contribution in [0.15, 0.2) is 53.2 Å². The highest BCUT2D eigenvalue weighted by Crippen LogP contribution is 2.35. The van der Waals surface area contributed by atoms with E-state index in [9.17, 15) is 10.1 Å². The molecular weight excluding hydrogens is 314 g/mol. The topological polar surface area (TPSA) is 62.2 Å². The van der Waals surface area contributed by atoms with Crippen molar-refractivity contribution >= 4 is 11.6 Å². The van der Waals surface area contributed by atoms with Gasteiger partial charge in [-0.2, -0.15) is 5.26 Å². The molecule has 4 rings (SSSR count). The van der Waals surface area contributed by atoms with Crippen LogP contribution < -0.4 is 4.90 Å². The number of aryl methyl sites for hydroxylation is 1. The fourth-order valence-electron chi connectivity index (χ4n) is 3.54. The molecule has 0 saturated carbocycles. The molecular formula is C20H17N3O2. The molecule has 1 aliphatic heterocycles. The van der Waals surface area contributed by atoms with E-state index >= 15 is 0 Å². The summed E-state index contributed by atoms with van der Waals surface area (Å²) in [7, 11) is 0. The Balaban J connectivity index is 1.83. The Morgan fingerprint density at radius 1 is 1.24 bits per heavy atom. The molecule has 25 heavy (non-hydrogen) atoms. The third-order valence-corrected chi connectivity index (χ3v) is 4.66. The van der Waals surface area contributed by atoms with Crippen LogP contribution in [0.1, 0.15) is 34.2 Å². The minimum Gasteiger partial charge on any atom is -0.443 e. The molecule has 1 atom stereocenters. The molecule has 0 spiro atoms. The number of para-hydroxylation sites is 1. The van der Waals surface area contributed by atoms with Crippen molar-refractivity contribution in [2.24, 2.45) is 0 Å². The van der Waals surface area contributed by atoms with Gasteiger partial charge in [-0.05, 0) is 44.0 Å². The molecule has 5 nitrogen and oxygen atoms in total. The Hall–Kier alpha value is -3.26. The predicted molar refractivity (Wildman–Crippen MR) is 93.9 cm³/mol.